The molecule has 0 saturated heterocycles. The van der Waals surface area contributed by atoms with Crippen LogP contribution in [0.5, 0.6) is 5.75 Å². The fraction of sp³-hybridized carbons (Fsp3) is 0.625. The zero-order valence-electron chi connectivity index (χ0n) is 13.0. The molecule has 1 aromatic rings. The smallest absolute Gasteiger partial charge is 0.142 e. The topological polar surface area (TPSA) is 39.7 Å². The Morgan fingerprint density at radius 1 is 1.14 bits per heavy atom. The third kappa shape index (κ3) is 7.67. The highest BCUT2D eigenvalue weighted by atomic mass is 35.5. The van der Waals surface area contributed by atoms with Crippen molar-refractivity contribution in [1.82, 2.24) is 5.32 Å². The van der Waals surface area contributed by atoms with Crippen LogP contribution in [-0.2, 0) is 16.0 Å². The van der Waals surface area contributed by atoms with Gasteiger partial charge in [-0.2, -0.15) is 0 Å². The molecule has 5 heteroatoms. The average molecular weight is 316 g/mol. The van der Waals surface area contributed by atoms with Crippen LogP contribution in [0.4, 0.5) is 0 Å². The van der Waals surface area contributed by atoms with Gasteiger partial charge in [0.05, 0.1) is 11.6 Å². The molecule has 0 aliphatic rings. The number of hydrogen-bond acceptors (Lipinski definition) is 4. The molecule has 0 fully saturated rings. The molecule has 0 unspecified atom stereocenters. The van der Waals surface area contributed by atoms with E-state index in [4.69, 9.17) is 25.8 Å². The zero-order valence-corrected chi connectivity index (χ0v) is 13.7. The third-order valence-electron chi connectivity index (χ3n) is 2.90. The van der Waals surface area contributed by atoms with Gasteiger partial charge >= 0.3 is 0 Å². The first kappa shape index (κ1) is 18.2. The molecule has 0 aromatic heterocycles. The van der Waals surface area contributed by atoms with Gasteiger partial charge in [0.25, 0.3) is 0 Å². The number of nitrogens with one attached hydrogen (secondary N) is 1. The molecule has 120 valence electrons. The predicted octanol–water partition coefficient (Wildman–Crippen LogP) is 3.27. The fourth-order valence-corrected chi connectivity index (χ4v) is 2.11. The van der Waals surface area contributed by atoms with Crippen molar-refractivity contribution < 1.29 is 14.2 Å². The van der Waals surface area contributed by atoms with E-state index >= 15 is 0 Å². The predicted molar refractivity (Wildman–Crippen MR) is 86.3 cm³/mol. The van der Waals surface area contributed by atoms with Gasteiger partial charge in [-0.1, -0.05) is 30.7 Å². The van der Waals surface area contributed by atoms with Crippen LogP contribution in [0.1, 0.15) is 25.3 Å². The Bertz CT molecular complexity index is 388. The lowest BCUT2D eigenvalue weighted by molar-refractivity contribution is 0.0804. The van der Waals surface area contributed by atoms with Crippen LogP contribution in [0.2, 0.25) is 5.02 Å². The van der Waals surface area contributed by atoms with Crippen molar-refractivity contribution in [2.75, 3.05) is 40.1 Å². The normalized spacial score (nSPS) is 10.8. The van der Waals surface area contributed by atoms with Gasteiger partial charge in [-0.15, -0.1) is 0 Å². The summed E-state index contributed by atoms with van der Waals surface area (Å²) >= 11 is 6.21. The van der Waals surface area contributed by atoms with Crippen LogP contribution in [0.25, 0.3) is 0 Å². The highest BCUT2D eigenvalue weighted by molar-refractivity contribution is 6.32. The molecule has 0 atom stereocenters. The summed E-state index contributed by atoms with van der Waals surface area (Å²) in [7, 11) is 1.69. The number of methoxy groups -OCH3 is 1. The van der Waals surface area contributed by atoms with E-state index in [1.54, 1.807) is 7.11 Å². The third-order valence-corrected chi connectivity index (χ3v) is 3.20. The standard InChI is InChI=1S/C16H26ClNO3/c1-3-8-18-13-14-6-4-7-15(17)16(14)21-12-11-20-10-5-9-19-2/h4,6-7,18H,3,5,8-13H2,1-2H3. The van der Waals surface area contributed by atoms with E-state index in [1.807, 2.05) is 18.2 Å². The van der Waals surface area contributed by atoms with E-state index in [9.17, 15) is 0 Å². The Hall–Kier alpha value is -0.810. The van der Waals surface area contributed by atoms with Crippen molar-refractivity contribution in [2.45, 2.75) is 26.3 Å². The Morgan fingerprint density at radius 3 is 2.76 bits per heavy atom. The Labute approximate surface area is 132 Å². The van der Waals surface area contributed by atoms with Crippen LogP contribution >= 0.6 is 11.6 Å². The molecule has 21 heavy (non-hydrogen) atoms. The number of hydrogen-bond donors (Lipinski definition) is 1. The Kier molecular flexibility index (Phi) is 10.3. The van der Waals surface area contributed by atoms with Crippen molar-refractivity contribution >= 4 is 11.6 Å². The van der Waals surface area contributed by atoms with E-state index in [1.165, 1.54) is 0 Å². The maximum absolute atomic E-state index is 6.21. The van der Waals surface area contributed by atoms with Crippen molar-refractivity contribution in [3.05, 3.63) is 28.8 Å². The molecule has 0 heterocycles. The maximum atomic E-state index is 6.21. The summed E-state index contributed by atoms with van der Waals surface area (Å²) in [6.45, 7) is 6.34. The van der Waals surface area contributed by atoms with Gasteiger partial charge in [0, 0.05) is 32.4 Å². The molecule has 0 bridgehead atoms. The van der Waals surface area contributed by atoms with Crippen molar-refractivity contribution in [2.24, 2.45) is 0 Å². The van der Waals surface area contributed by atoms with Gasteiger partial charge in [-0.3, -0.25) is 0 Å². The van der Waals surface area contributed by atoms with Gasteiger partial charge in [0.15, 0.2) is 0 Å². The van der Waals surface area contributed by atoms with Crippen LogP contribution < -0.4 is 10.1 Å². The lowest BCUT2D eigenvalue weighted by Gasteiger charge is -2.14. The van der Waals surface area contributed by atoms with E-state index < -0.39 is 0 Å². The molecule has 0 saturated carbocycles. The second-order valence-electron chi connectivity index (χ2n) is 4.71. The van der Waals surface area contributed by atoms with Crippen molar-refractivity contribution in [3.63, 3.8) is 0 Å². The van der Waals surface area contributed by atoms with Crippen molar-refractivity contribution in [3.8, 4) is 5.75 Å². The Balaban J connectivity index is 2.35. The maximum Gasteiger partial charge on any atom is 0.142 e. The summed E-state index contributed by atoms with van der Waals surface area (Å²) in [6.07, 6.45) is 2.00. The lowest BCUT2D eigenvalue weighted by atomic mass is 10.2. The van der Waals surface area contributed by atoms with Gasteiger partial charge < -0.3 is 19.5 Å². The first-order chi connectivity index (χ1) is 10.3. The molecular weight excluding hydrogens is 290 g/mol. The largest absolute Gasteiger partial charge is 0.489 e. The number of halogens is 1. The molecule has 4 nitrogen and oxygen atoms in total. The van der Waals surface area contributed by atoms with E-state index in [0.29, 0.717) is 24.8 Å². The summed E-state index contributed by atoms with van der Waals surface area (Å²) in [5.74, 6) is 0.753. The minimum Gasteiger partial charge on any atom is -0.489 e. The summed E-state index contributed by atoms with van der Waals surface area (Å²) in [5, 5.41) is 4.00. The molecule has 1 N–H and O–H groups in total. The molecule has 1 rings (SSSR count). The molecule has 0 aliphatic heterocycles. The molecule has 0 spiro atoms. The van der Waals surface area contributed by atoms with Gasteiger partial charge in [0.2, 0.25) is 0 Å². The van der Waals surface area contributed by atoms with Crippen LogP contribution in [0.15, 0.2) is 18.2 Å². The zero-order chi connectivity index (χ0) is 15.3. The average Bonchev–Trinajstić information content (AvgIpc) is 2.49. The Morgan fingerprint density at radius 2 is 2.00 bits per heavy atom. The number of benzene rings is 1. The first-order valence-corrected chi connectivity index (χ1v) is 7.85. The van der Waals surface area contributed by atoms with E-state index in [0.717, 1.165) is 43.9 Å². The monoisotopic (exact) mass is 315 g/mol. The highest BCUT2D eigenvalue weighted by Crippen LogP contribution is 2.28. The summed E-state index contributed by atoms with van der Waals surface area (Å²) < 4.78 is 16.2. The quantitative estimate of drug-likeness (QED) is 0.601. The molecule has 1 aromatic carbocycles. The molecule has 0 amide bonds. The highest BCUT2D eigenvalue weighted by Gasteiger charge is 2.08. The second kappa shape index (κ2) is 11.8. The van der Waals surface area contributed by atoms with Gasteiger partial charge in [-0.05, 0) is 25.5 Å². The minimum atomic E-state index is 0.498. The number of ether oxygens (including phenoxy) is 3. The van der Waals surface area contributed by atoms with Crippen LogP contribution in [0.3, 0.4) is 0 Å². The summed E-state index contributed by atoms with van der Waals surface area (Å²) in [4.78, 5) is 0. The van der Waals surface area contributed by atoms with Gasteiger partial charge in [0.1, 0.15) is 12.4 Å². The minimum absolute atomic E-state index is 0.498. The summed E-state index contributed by atoms with van der Waals surface area (Å²) in [5.41, 5.74) is 1.08. The number of rotatable bonds is 12. The number of para-hydroxylation sites is 1. The van der Waals surface area contributed by atoms with Crippen LogP contribution in [0, 0.1) is 0 Å². The molecule has 0 radical (unpaired) electrons. The molecule has 0 aliphatic carbocycles. The lowest BCUT2D eigenvalue weighted by Crippen LogP contribution is -2.16. The molecular formula is C16H26ClNO3. The SMILES string of the molecule is CCCNCc1cccc(Cl)c1OCCOCCCOC. The summed E-state index contributed by atoms with van der Waals surface area (Å²) in [6, 6.07) is 5.82. The van der Waals surface area contributed by atoms with E-state index in [2.05, 4.69) is 12.2 Å². The van der Waals surface area contributed by atoms with E-state index in [-0.39, 0.29) is 0 Å². The second-order valence-corrected chi connectivity index (χ2v) is 5.12. The fourth-order valence-electron chi connectivity index (χ4n) is 1.86. The van der Waals surface area contributed by atoms with Gasteiger partial charge in [-0.25, -0.2) is 0 Å². The van der Waals surface area contributed by atoms with Crippen LogP contribution in [-0.4, -0.2) is 40.1 Å². The van der Waals surface area contributed by atoms with Crippen molar-refractivity contribution in [1.29, 1.82) is 0 Å². The first-order valence-electron chi connectivity index (χ1n) is 7.47.